The third-order valence-electron chi connectivity index (χ3n) is 4.00. The van der Waals surface area contributed by atoms with Crippen LogP contribution in [-0.2, 0) is 6.54 Å². The summed E-state index contributed by atoms with van der Waals surface area (Å²) in [5.74, 6) is -0.104. The van der Waals surface area contributed by atoms with Gasteiger partial charge in [0.25, 0.3) is 5.91 Å². The van der Waals surface area contributed by atoms with Gasteiger partial charge in [-0.3, -0.25) is 4.79 Å². The van der Waals surface area contributed by atoms with E-state index in [4.69, 9.17) is 11.6 Å². The van der Waals surface area contributed by atoms with E-state index < -0.39 is 0 Å². The van der Waals surface area contributed by atoms with Gasteiger partial charge in [-0.2, -0.15) is 0 Å². The van der Waals surface area contributed by atoms with E-state index in [1.165, 1.54) is 11.3 Å². The number of rotatable bonds is 4. The lowest BCUT2D eigenvalue weighted by Crippen LogP contribution is -2.22. The van der Waals surface area contributed by atoms with E-state index in [9.17, 15) is 4.79 Å². The topological polar surface area (TPSA) is 54.9 Å². The van der Waals surface area contributed by atoms with Crippen molar-refractivity contribution in [3.8, 4) is 10.6 Å². The van der Waals surface area contributed by atoms with Crippen molar-refractivity contribution in [2.24, 2.45) is 0 Å². The van der Waals surface area contributed by atoms with Gasteiger partial charge in [-0.15, -0.1) is 22.7 Å². The van der Waals surface area contributed by atoms with Crippen molar-refractivity contribution < 1.29 is 4.79 Å². The highest BCUT2D eigenvalue weighted by molar-refractivity contribution is 7.16. The first-order chi connectivity index (χ1) is 12.6. The van der Waals surface area contributed by atoms with E-state index >= 15 is 0 Å². The number of benzene rings is 2. The average molecular weight is 400 g/mol. The molecule has 0 aliphatic carbocycles. The average Bonchev–Trinajstić information content (AvgIpc) is 3.25. The van der Waals surface area contributed by atoms with Crippen molar-refractivity contribution in [2.45, 2.75) is 13.5 Å². The monoisotopic (exact) mass is 399 g/mol. The molecular formula is C19H14ClN3OS2. The maximum atomic E-state index is 12.5. The summed E-state index contributed by atoms with van der Waals surface area (Å²) in [7, 11) is 0. The van der Waals surface area contributed by atoms with Crippen LogP contribution in [-0.4, -0.2) is 15.9 Å². The minimum Gasteiger partial charge on any atom is -0.347 e. The molecule has 0 fully saturated rings. The normalized spacial score (nSPS) is 11.0. The summed E-state index contributed by atoms with van der Waals surface area (Å²) in [6.07, 6.45) is 0. The van der Waals surface area contributed by atoms with E-state index in [1.807, 2.05) is 43.3 Å². The molecule has 0 saturated heterocycles. The van der Waals surface area contributed by atoms with Gasteiger partial charge >= 0.3 is 0 Å². The molecule has 0 atom stereocenters. The smallest absolute Gasteiger partial charge is 0.251 e. The van der Waals surface area contributed by atoms with Gasteiger partial charge in [-0.25, -0.2) is 9.97 Å². The zero-order valence-electron chi connectivity index (χ0n) is 13.8. The number of carbonyl (C=O) groups is 1. The van der Waals surface area contributed by atoms with Crippen LogP contribution in [0.2, 0.25) is 5.02 Å². The quantitative estimate of drug-likeness (QED) is 0.505. The second-order valence-electron chi connectivity index (χ2n) is 5.72. The Bertz CT molecular complexity index is 1100. The predicted octanol–water partition coefficient (Wildman–Crippen LogP) is 5.31. The molecule has 0 spiro atoms. The Morgan fingerprint density at radius 2 is 2.08 bits per heavy atom. The van der Waals surface area contributed by atoms with Crippen molar-refractivity contribution in [2.75, 3.05) is 0 Å². The first-order valence-corrected chi connectivity index (χ1v) is 10.0. The van der Waals surface area contributed by atoms with Crippen molar-refractivity contribution in [3.63, 3.8) is 0 Å². The minimum absolute atomic E-state index is 0.104. The Hall–Kier alpha value is -2.28. The van der Waals surface area contributed by atoms with Gasteiger partial charge in [-0.05, 0) is 31.2 Å². The molecule has 2 aromatic heterocycles. The van der Waals surface area contributed by atoms with Gasteiger partial charge in [-0.1, -0.05) is 29.8 Å². The second-order valence-corrected chi connectivity index (χ2v) is 8.10. The van der Waals surface area contributed by atoms with Crippen molar-refractivity contribution in [1.29, 1.82) is 0 Å². The van der Waals surface area contributed by atoms with Crippen molar-refractivity contribution in [3.05, 3.63) is 69.1 Å². The molecule has 0 bridgehead atoms. The maximum absolute atomic E-state index is 12.5. The van der Waals surface area contributed by atoms with Crippen LogP contribution in [0.5, 0.6) is 0 Å². The van der Waals surface area contributed by atoms with Crippen LogP contribution < -0.4 is 5.32 Å². The van der Waals surface area contributed by atoms with Crippen LogP contribution in [0.1, 0.15) is 20.9 Å². The van der Waals surface area contributed by atoms with Crippen LogP contribution >= 0.6 is 34.3 Å². The molecule has 26 heavy (non-hydrogen) atoms. The first-order valence-electron chi connectivity index (χ1n) is 7.94. The SMILES string of the molecule is Cc1nc(-c2ccccc2Cl)sc1CNC(=O)c1ccc2ncsc2c1. The maximum Gasteiger partial charge on any atom is 0.251 e. The predicted molar refractivity (Wildman–Crippen MR) is 108 cm³/mol. The van der Waals surface area contributed by atoms with Crippen molar-refractivity contribution in [1.82, 2.24) is 15.3 Å². The number of fused-ring (bicyclic) bond motifs is 1. The van der Waals surface area contributed by atoms with E-state index in [0.717, 1.165) is 31.4 Å². The summed E-state index contributed by atoms with van der Waals surface area (Å²) in [4.78, 5) is 22.3. The Morgan fingerprint density at radius 1 is 1.23 bits per heavy atom. The number of aromatic nitrogens is 2. The molecule has 0 saturated carbocycles. The van der Waals surface area contributed by atoms with E-state index in [-0.39, 0.29) is 5.91 Å². The number of aryl methyl sites for hydroxylation is 1. The highest BCUT2D eigenvalue weighted by atomic mass is 35.5. The number of nitrogens with one attached hydrogen (secondary N) is 1. The molecular weight excluding hydrogens is 386 g/mol. The Morgan fingerprint density at radius 3 is 2.92 bits per heavy atom. The van der Waals surface area contributed by atoms with E-state index in [1.54, 1.807) is 22.9 Å². The van der Waals surface area contributed by atoms with Crippen LogP contribution in [0.3, 0.4) is 0 Å². The van der Waals surface area contributed by atoms with Gasteiger partial charge in [0.15, 0.2) is 0 Å². The number of halogens is 1. The number of hydrogen-bond acceptors (Lipinski definition) is 5. The first kappa shape index (κ1) is 17.1. The molecule has 4 nitrogen and oxygen atoms in total. The largest absolute Gasteiger partial charge is 0.347 e. The number of thiazole rings is 2. The molecule has 2 aromatic carbocycles. The fraction of sp³-hybridized carbons (Fsp3) is 0.105. The molecule has 130 valence electrons. The Balaban J connectivity index is 1.51. The van der Waals surface area contributed by atoms with Gasteiger partial charge < -0.3 is 5.32 Å². The van der Waals surface area contributed by atoms with Crippen LogP contribution in [0.4, 0.5) is 0 Å². The minimum atomic E-state index is -0.104. The standard InChI is InChI=1S/C19H14ClN3OS2/c1-11-17(26-19(23-11)13-4-2-3-5-14(13)20)9-21-18(24)12-6-7-15-16(8-12)25-10-22-15/h2-8,10H,9H2,1H3,(H,21,24). The van der Waals surface area contributed by atoms with E-state index in [2.05, 4.69) is 15.3 Å². The summed E-state index contributed by atoms with van der Waals surface area (Å²) in [6.45, 7) is 2.38. The van der Waals surface area contributed by atoms with Crippen LogP contribution in [0.15, 0.2) is 48.0 Å². The lowest BCUT2D eigenvalue weighted by molar-refractivity contribution is 0.0951. The second kappa shape index (κ2) is 7.15. The zero-order valence-corrected chi connectivity index (χ0v) is 16.2. The summed E-state index contributed by atoms with van der Waals surface area (Å²) >= 11 is 9.34. The fourth-order valence-corrected chi connectivity index (χ4v) is 4.64. The number of amides is 1. The Kier molecular flexibility index (Phi) is 4.72. The van der Waals surface area contributed by atoms with Crippen LogP contribution in [0, 0.1) is 6.92 Å². The number of carbonyl (C=O) groups excluding carboxylic acids is 1. The molecule has 0 unspecified atom stereocenters. The summed E-state index contributed by atoms with van der Waals surface area (Å²) in [5.41, 5.74) is 5.15. The molecule has 0 radical (unpaired) electrons. The lowest BCUT2D eigenvalue weighted by atomic mass is 10.2. The molecule has 2 heterocycles. The summed E-state index contributed by atoms with van der Waals surface area (Å²) < 4.78 is 1.01. The number of nitrogens with zero attached hydrogens (tertiary/aromatic N) is 2. The number of hydrogen-bond donors (Lipinski definition) is 1. The molecule has 4 rings (SSSR count). The molecule has 7 heteroatoms. The summed E-state index contributed by atoms with van der Waals surface area (Å²) in [5, 5.41) is 4.52. The molecule has 0 aliphatic rings. The van der Waals surface area contributed by atoms with Gasteiger partial charge in [0, 0.05) is 16.0 Å². The zero-order chi connectivity index (χ0) is 18.1. The van der Waals surface area contributed by atoms with Crippen LogP contribution in [0.25, 0.3) is 20.8 Å². The molecule has 1 N–H and O–H groups in total. The van der Waals surface area contributed by atoms with E-state index in [0.29, 0.717) is 17.1 Å². The molecule has 1 amide bonds. The highest BCUT2D eigenvalue weighted by Crippen LogP contribution is 2.32. The van der Waals surface area contributed by atoms with Crippen molar-refractivity contribution >= 4 is 50.4 Å². The fourth-order valence-electron chi connectivity index (χ4n) is 2.60. The summed E-state index contributed by atoms with van der Waals surface area (Å²) in [6, 6.07) is 13.2. The lowest BCUT2D eigenvalue weighted by Gasteiger charge is -2.04. The third kappa shape index (κ3) is 3.35. The van der Waals surface area contributed by atoms with Gasteiger partial charge in [0.05, 0.1) is 33.0 Å². The van der Waals surface area contributed by atoms with Gasteiger partial charge in [0.2, 0.25) is 0 Å². The highest BCUT2D eigenvalue weighted by Gasteiger charge is 2.13. The third-order valence-corrected chi connectivity index (χ3v) is 6.31. The molecule has 0 aliphatic heterocycles. The molecule has 4 aromatic rings. The Labute approximate surface area is 163 Å². The van der Waals surface area contributed by atoms with Gasteiger partial charge in [0.1, 0.15) is 5.01 Å².